The van der Waals surface area contributed by atoms with Gasteiger partial charge in [-0.05, 0) is 49.1 Å². The van der Waals surface area contributed by atoms with Gasteiger partial charge in [0.15, 0.2) is 0 Å². The summed E-state index contributed by atoms with van der Waals surface area (Å²) >= 11 is 1.58. The van der Waals surface area contributed by atoms with Crippen LogP contribution in [-0.2, 0) is 9.53 Å². The van der Waals surface area contributed by atoms with E-state index >= 15 is 0 Å². The standard InChI is InChI=1S/C19H25NO3S/c1-23-15-8-6-13(7-9-15)10-19(22)20-12-16(21)18-11-14-4-2-3-5-17(14)24-18/h2-5,11,13,15-16,21H,6-10,12H2,1H3,(H,20,22). The third-order valence-electron chi connectivity index (χ3n) is 4.87. The molecule has 1 aromatic heterocycles. The molecule has 1 fully saturated rings. The molecule has 2 aromatic rings. The highest BCUT2D eigenvalue weighted by Gasteiger charge is 2.23. The monoisotopic (exact) mass is 347 g/mol. The number of ether oxygens (including phenoxy) is 1. The smallest absolute Gasteiger partial charge is 0.220 e. The summed E-state index contributed by atoms with van der Waals surface area (Å²) in [5.41, 5.74) is 0. The molecule has 130 valence electrons. The van der Waals surface area contributed by atoms with Gasteiger partial charge in [-0.2, -0.15) is 0 Å². The Labute approximate surface area is 146 Å². The minimum absolute atomic E-state index is 0.0380. The van der Waals surface area contributed by atoms with Gasteiger partial charge in [0.05, 0.1) is 6.10 Å². The lowest BCUT2D eigenvalue weighted by molar-refractivity contribution is -0.122. The molecule has 1 aliphatic carbocycles. The molecule has 1 heterocycles. The molecule has 1 unspecified atom stereocenters. The SMILES string of the molecule is COC1CCC(CC(=O)NCC(O)c2cc3ccccc3s2)CC1. The third kappa shape index (κ3) is 4.35. The van der Waals surface area contributed by atoms with Crippen LogP contribution in [0.4, 0.5) is 0 Å². The summed E-state index contributed by atoms with van der Waals surface area (Å²) in [6, 6.07) is 10.1. The van der Waals surface area contributed by atoms with Crippen molar-refractivity contribution < 1.29 is 14.6 Å². The summed E-state index contributed by atoms with van der Waals surface area (Å²) < 4.78 is 6.52. The van der Waals surface area contributed by atoms with Crippen molar-refractivity contribution in [2.75, 3.05) is 13.7 Å². The van der Waals surface area contributed by atoms with E-state index in [4.69, 9.17) is 4.74 Å². The largest absolute Gasteiger partial charge is 0.386 e. The highest BCUT2D eigenvalue weighted by Crippen LogP contribution is 2.30. The zero-order valence-corrected chi connectivity index (χ0v) is 14.8. The number of carbonyl (C=O) groups is 1. The van der Waals surface area contributed by atoms with E-state index in [1.807, 2.05) is 30.3 Å². The molecule has 1 aliphatic rings. The highest BCUT2D eigenvalue weighted by atomic mass is 32.1. The third-order valence-corrected chi connectivity index (χ3v) is 6.08. The predicted molar refractivity (Wildman–Crippen MR) is 97.2 cm³/mol. The van der Waals surface area contributed by atoms with E-state index in [9.17, 15) is 9.90 Å². The van der Waals surface area contributed by atoms with Gasteiger partial charge in [-0.3, -0.25) is 4.79 Å². The summed E-state index contributed by atoms with van der Waals surface area (Å²) in [6.07, 6.45) is 4.44. The lowest BCUT2D eigenvalue weighted by atomic mass is 9.85. The normalized spacial score (nSPS) is 22.4. The summed E-state index contributed by atoms with van der Waals surface area (Å²) in [4.78, 5) is 13.0. The number of aliphatic hydroxyl groups excluding tert-OH is 1. The van der Waals surface area contributed by atoms with Gasteiger partial charge in [0.25, 0.3) is 0 Å². The second-order valence-corrected chi connectivity index (χ2v) is 7.70. The van der Waals surface area contributed by atoms with Gasteiger partial charge >= 0.3 is 0 Å². The maximum Gasteiger partial charge on any atom is 0.220 e. The molecule has 3 rings (SSSR count). The zero-order valence-electron chi connectivity index (χ0n) is 14.0. The van der Waals surface area contributed by atoms with Gasteiger partial charge < -0.3 is 15.2 Å². The number of rotatable bonds is 6. The first-order valence-corrected chi connectivity index (χ1v) is 9.43. The predicted octanol–water partition coefficient (Wildman–Crippen LogP) is 3.65. The first-order valence-electron chi connectivity index (χ1n) is 8.61. The number of nitrogens with one attached hydrogen (secondary N) is 1. The highest BCUT2D eigenvalue weighted by molar-refractivity contribution is 7.19. The van der Waals surface area contributed by atoms with Crippen LogP contribution < -0.4 is 5.32 Å². The fraction of sp³-hybridized carbons (Fsp3) is 0.526. The Kier molecular flexibility index (Phi) is 5.87. The van der Waals surface area contributed by atoms with Crippen molar-refractivity contribution in [2.24, 2.45) is 5.92 Å². The Hall–Kier alpha value is -1.43. The minimum Gasteiger partial charge on any atom is -0.386 e. The molecule has 0 spiro atoms. The summed E-state index contributed by atoms with van der Waals surface area (Å²) in [6.45, 7) is 0.277. The van der Waals surface area contributed by atoms with Gasteiger partial charge in [0.1, 0.15) is 6.10 Å². The van der Waals surface area contributed by atoms with Crippen molar-refractivity contribution in [3.63, 3.8) is 0 Å². The number of aliphatic hydroxyl groups is 1. The Morgan fingerprint density at radius 2 is 2.08 bits per heavy atom. The molecule has 1 aromatic carbocycles. The number of hydrogen-bond acceptors (Lipinski definition) is 4. The molecule has 1 amide bonds. The van der Waals surface area contributed by atoms with E-state index in [1.54, 1.807) is 18.4 Å². The van der Waals surface area contributed by atoms with Gasteiger partial charge in [0, 0.05) is 29.7 Å². The molecule has 0 radical (unpaired) electrons. The fourth-order valence-corrected chi connectivity index (χ4v) is 4.43. The van der Waals surface area contributed by atoms with E-state index in [2.05, 4.69) is 5.32 Å². The number of amides is 1. The van der Waals surface area contributed by atoms with E-state index in [0.717, 1.165) is 40.6 Å². The van der Waals surface area contributed by atoms with Crippen molar-refractivity contribution >= 4 is 27.3 Å². The Morgan fingerprint density at radius 3 is 2.79 bits per heavy atom. The Bertz CT molecular complexity index is 643. The number of fused-ring (bicyclic) bond motifs is 1. The average Bonchev–Trinajstić information content (AvgIpc) is 3.04. The summed E-state index contributed by atoms with van der Waals surface area (Å²) in [7, 11) is 1.76. The Morgan fingerprint density at radius 1 is 1.33 bits per heavy atom. The van der Waals surface area contributed by atoms with E-state index in [1.165, 1.54) is 0 Å². The second kappa shape index (κ2) is 8.10. The number of thiophene rings is 1. The molecule has 0 aliphatic heterocycles. The van der Waals surface area contributed by atoms with Crippen molar-refractivity contribution in [1.29, 1.82) is 0 Å². The molecule has 1 saturated carbocycles. The molecular formula is C19H25NO3S. The maximum absolute atomic E-state index is 12.1. The van der Waals surface area contributed by atoms with E-state index < -0.39 is 6.10 Å². The van der Waals surface area contributed by atoms with Crippen LogP contribution in [0.25, 0.3) is 10.1 Å². The van der Waals surface area contributed by atoms with Crippen LogP contribution in [0, 0.1) is 5.92 Å². The van der Waals surface area contributed by atoms with Crippen LogP contribution in [-0.4, -0.2) is 30.8 Å². The maximum atomic E-state index is 12.1. The van der Waals surface area contributed by atoms with Gasteiger partial charge in [-0.1, -0.05) is 18.2 Å². The van der Waals surface area contributed by atoms with Crippen LogP contribution in [0.3, 0.4) is 0 Å². The van der Waals surface area contributed by atoms with Crippen LogP contribution in [0.5, 0.6) is 0 Å². The number of carbonyl (C=O) groups excluding carboxylic acids is 1. The zero-order chi connectivity index (χ0) is 16.9. The van der Waals surface area contributed by atoms with Crippen molar-refractivity contribution in [3.8, 4) is 0 Å². The number of methoxy groups -OCH3 is 1. The van der Waals surface area contributed by atoms with Gasteiger partial charge in [-0.15, -0.1) is 11.3 Å². The summed E-state index contributed by atoms with van der Waals surface area (Å²) in [5.74, 6) is 0.480. The first-order chi connectivity index (χ1) is 11.7. The number of benzene rings is 1. The minimum atomic E-state index is -0.643. The summed E-state index contributed by atoms with van der Waals surface area (Å²) in [5, 5.41) is 14.3. The Balaban J connectivity index is 1.45. The quantitative estimate of drug-likeness (QED) is 0.839. The second-order valence-electron chi connectivity index (χ2n) is 6.59. The van der Waals surface area contributed by atoms with Crippen LogP contribution >= 0.6 is 11.3 Å². The molecule has 0 bridgehead atoms. The van der Waals surface area contributed by atoms with Crippen LogP contribution in [0.1, 0.15) is 43.1 Å². The van der Waals surface area contributed by atoms with Gasteiger partial charge in [-0.25, -0.2) is 0 Å². The molecule has 5 heteroatoms. The molecular weight excluding hydrogens is 322 g/mol. The molecule has 24 heavy (non-hydrogen) atoms. The van der Waals surface area contributed by atoms with E-state index in [-0.39, 0.29) is 12.5 Å². The van der Waals surface area contributed by atoms with Crippen LogP contribution in [0.2, 0.25) is 0 Å². The lowest BCUT2D eigenvalue weighted by Gasteiger charge is -2.27. The van der Waals surface area contributed by atoms with Crippen molar-refractivity contribution in [3.05, 3.63) is 35.2 Å². The lowest BCUT2D eigenvalue weighted by Crippen LogP contribution is -2.31. The van der Waals surface area contributed by atoms with Gasteiger partial charge in [0.2, 0.25) is 5.91 Å². The topological polar surface area (TPSA) is 58.6 Å². The first kappa shape index (κ1) is 17.4. The molecule has 4 nitrogen and oxygen atoms in total. The van der Waals surface area contributed by atoms with Crippen LogP contribution in [0.15, 0.2) is 30.3 Å². The van der Waals surface area contributed by atoms with Crippen molar-refractivity contribution in [1.82, 2.24) is 5.32 Å². The molecule has 2 N–H and O–H groups in total. The molecule has 0 saturated heterocycles. The number of hydrogen-bond donors (Lipinski definition) is 2. The van der Waals surface area contributed by atoms with Crippen molar-refractivity contribution in [2.45, 2.75) is 44.3 Å². The fourth-order valence-electron chi connectivity index (χ4n) is 3.38. The molecule has 1 atom stereocenters. The van der Waals surface area contributed by atoms with E-state index in [0.29, 0.717) is 18.4 Å². The average molecular weight is 347 g/mol.